The average molecular weight is 305 g/mol. The van der Waals surface area contributed by atoms with Gasteiger partial charge in [-0.05, 0) is 31.7 Å². The summed E-state index contributed by atoms with van der Waals surface area (Å²) < 4.78 is 5.43. The molecule has 0 atom stereocenters. The Morgan fingerprint density at radius 2 is 2.24 bits per heavy atom. The zero-order valence-corrected chi connectivity index (χ0v) is 13.3. The molecule has 2 heterocycles. The normalized spacial score (nSPS) is 10.6. The van der Waals surface area contributed by atoms with Crippen LogP contribution in [0.1, 0.15) is 40.9 Å². The highest BCUT2D eigenvalue weighted by Crippen LogP contribution is 2.14. The monoisotopic (exact) mass is 305 g/mol. The molecule has 0 aliphatic rings. The second kappa shape index (κ2) is 7.26. The summed E-state index contributed by atoms with van der Waals surface area (Å²) in [5.74, 6) is 1.40. The van der Waals surface area contributed by atoms with Crippen LogP contribution < -0.4 is 5.32 Å². The number of carbonyl (C=O) groups excluding carboxylic acids is 1. The Labute approximate surface area is 128 Å². The molecule has 0 unspecified atom stereocenters. The van der Waals surface area contributed by atoms with Gasteiger partial charge in [-0.3, -0.25) is 4.79 Å². The first kappa shape index (κ1) is 15.6. The van der Waals surface area contributed by atoms with Gasteiger partial charge in [-0.15, -0.1) is 0 Å². The Balaban J connectivity index is 2.10. The third kappa shape index (κ3) is 4.07. The molecule has 2 aromatic rings. The number of carbonyl (C=O) groups is 1. The Morgan fingerprint density at radius 1 is 1.43 bits per heavy atom. The second-order valence-electron chi connectivity index (χ2n) is 4.66. The van der Waals surface area contributed by atoms with Gasteiger partial charge in [-0.25, -0.2) is 9.97 Å². The van der Waals surface area contributed by atoms with Crippen LogP contribution in [0.25, 0.3) is 0 Å². The highest BCUT2D eigenvalue weighted by Gasteiger charge is 2.14. The van der Waals surface area contributed by atoms with Crippen molar-refractivity contribution < 1.29 is 9.21 Å². The molecular weight excluding hydrogens is 286 g/mol. The van der Waals surface area contributed by atoms with Crippen LogP contribution in [-0.4, -0.2) is 22.1 Å². The third-order valence-electron chi connectivity index (χ3n) is 2.98. The number of amides is 1. The molecule has 0 spiro atoms. The number of nitrogens with one attached hydrogen (secondary N) is 1. The lowest BCUT2D eigenvalue weighted by Crippen LogP contribution is -2.24. The summed E-state index contributed by atoms with van der Waals surface area (Å²) in [6.45, 7) is 4.30. The van der Waals surface area contributed by atoms with Gasteiger partial charge in [0, 0.05) is 6.20 Å². The van der Waals surface area contributed by atoms with Gasteiger partial charge in [0.1, 0.15) is 11.5 Å². The molecule has 0 radical (unpaired) electrons. The molecule has 0 saturated carbocycles. The van der Waals surface area contributed by atoms with Gasteiger partial charge in [-0.1, -0.05) is 25.1 Å². The molecule has 21 heavy (non-hydrogen) atoms. The predicted octanol–water partition coefficient (Wildman–Crippen LogP) is 2.98. The summed E-state index contributed by atoms with van der Waals surface area (Å²) >= 11 is 1.47. The van der Waals surface area contributed by atoms with Crippen molar-refractivity contribution in [2.75, 3.05) is 6.26 Å². The summed E-state index contributed by atoms with van der Waals surface area (Å²) in [6, 6.07) is 3.73. The van der Waals surface area contributed by atoms with Crippen molar-refractivity contribution in [3.05, 3.63) is 41.1 Å². The summed E-state index contributed by atoms with van der Waals surface area (Å²) in [7, 11) is 0. The zero-order valence-electron chi connectivity index (χ0n) is 12.5. The lowest BCUT2D eigenvalue weighted by atomic mass is 10.1. The molecular formula is C15H19N3O2S. The van der Waals surface area contributed by atoms with Crippen molar-refractivity contribution in [1.29, 1.82) is 0 Å². The van der Waals surface area contributed by atoms with Crippen molar-refractivity contribution in [3.63, 3.8) is 0 Å². The van der Waals surface area contributed by atoms with E-state index in [-0.39, 0.29) is 5.91 Å². The fourth-order valence-electron chi connectivity index (χ4n) is 1.96. The summed E-state index contributed by atoms with van der Waals surface area (Å²) in [6.07, 6.45) is 5.22. The van der Waals surface area contributed by atoms with E-state index in [0.717, 1.165) is 30.1 Å². The van der Waals surface area contributed by atoms with Crippen LogP contribution in [0.3, 0.4) is 0 Å². The highest BCUT2D eigenvalue weighted by atomic mass is 32.2. The fourth-order valence-corrected chi connectivity index (χ4v) is 2.32. The topological polar surface area (TPSA) is 68.0 Å². The minimum Gasteiger partial charge on any atom is -0.465 e. The molecule has 2 rings (SSSR count). The van der Waals surface area contributed by atoms with Crippen LogP contribution in [0, 0.1) is 6.92 Å². The van der Waals surface area contributed by atoms with E-state index < -0.39 is 0 Å². The molecule has 5 nitrogen and oxygen atoms in total. The molecule has 0 fully saturated rings. The average Bonchev–Trinajstić information content (AvgIpc) is 2.90. The van der Waals surface area contributed by atoms with Crippen molar-refractivity contribution >= 4 is 17.7 Å². The van der Waals surface area contributed by atoms with Gasteiger partial charge in [-0.2, -0.15) is 0 Å². The van der Waals surface area contributed by atoms with Crippen LogP contribution in [-0.2, 0) is 13.0 Å². The van der Waals surface area contributed by atoms with Crippen molar-refractivity contribution in [3.8, 4) is 0 Å². The van der Waals surface area contributed by atoms with E-state index in [9.17, 15) is 4.79 Å². The Kier molecular flexibility index (Phi) is 5.38. The molecule has 0 saturated heterocycles. The maximum absolute atomic E-state index is 12.3. The quantitative estimate of drug-likeness (QED) is 0.656. The van der Waals surface area contributed by atoms with E-state index >= 15 is 0 Å². The number of nitrogens with zero attached hydrogens (tertiary/aromatic N) is 2. The first-order valence-electron chi connectivity index (χ1n) is 6.87. The molecule has 1 amide bonds. The van der Waals surface area contributed by atoms with Gasteiger partial charge in [0.15, 0.2) is 5.16 Å². The number of hydrogen-bond donors (Lipinski definition) is 1. The number of hydrogen-bond acceptors (Lipinski definition) is 5. The van der Waals surface area contributed by atoms with Gasteiger partial charge in [0.2, 0.25) is 0 Å². The maximum atomic E-state index is 12.3. The molecule has 0 bridgehead atoms. The van der Waals surface area contributed by atoms with Crippen molar-refractivity contribution in [2.45, 2.75) is 38.4 Å². The predicted molar refractivity (Wildman–Crippen MR) is 82.4 cm³/mol. The second-order valence-corrected chi connectivity index (χ2v) is 5.44. The van der Waals surface area contributed by atoms with Crippen LogP contribution in [0.5, 0.6) is 0 Å². The van der Waals surface area contributed by atoms with Gasteiger partial charge < -0.3 is 9.73 Å². The van der Waals surface area contributed by atoms with E-state index in [1.807, 2.05) is 25.3 Å². The SMILES string of the molecule is CCCc1nc(SC)ncc1C(=O)NCc1ccc(C)o1. The van der Waals surface area contributed by atoms with E-state index in [2.05, 4.69) is 22.2 Å². The highest BCUT2D eigenvalue weighted by molar-refractivity contribution is 7.98. The van der Waals surface area contributed by atoms with Crippen LogP contribution in [0.4, 0.5) is 0 Å². The van der Waals surface area contributed by atoms with Crippen molar-refractivity contribution in [1.82, 2.24) is 15.3 Å². The van der Waals surface area contributed by atoms with E-state index in [0.29, 0.717) is 17.3 Å². The standard InChI is InChI=1S/C15H19N3O2S/c1-4-5-13-12(9-17-15(18-13)21-3)14(19)16-8-11-7-6-10(2)20-11/h6-7,9H,4-5,8H2,1-3H3,(H,16,19). The molecule has 112 valence electrons. The Morgan fingerprint density at radius 3 is 2.86 bits per heavy atom. The Bertz CT molecular complexity index is 625. The van der Waals surface area contributed by atoms with Crippen LogP contribution >= 0.6 is 11.8 Å². The summed E-state index contributed by atoms with van der Waals surface area (Å²) in [5.41, 5.74) is 1.34. The minimum atomic E-state index is -0.167. The van der Waals surface area contributed by atoms with Crippen molar-refractivity contribution in [2.24, 2.45) is 0 Å². The summed E-state index contributed by atoms with van der Waals surface area (Å²) in [5, 5.41) is 3.54. The van der Waals surface area contributed by atoms with Crippen LogP contribution in [0.2, 0.25) is 0 Å². The number of aromatic nitrogens is 2. The van der Waals surface area contributed by atoms with E-state index in [4.69, 9.17) is 4.42 Å². The zero-order chi connectivity index (χ0) is 15.2. The summed E-state index contributed by atoms with van der Waals surface area (Å²) in [4.78, 5) is 20.9. The number of furan rings is 1. The van der Waals surface area contributed by atoms with Crippen LogP contribution in [0.15, 0.2) is 27.9 Å². The molecule has 0 aliphatic carbocycles. The molecule has 0 aliphatic heterocycles. The number of thioether (sulfide) groups is 1. The molecule has 2 aromatic heterocycles. The lowest BCUT2D eigenvalue weighted by Gasteiger charge is -2.09. The number of rotatable bonds is 6. The molecule has 1 N–H and O–H groups in total. The first-order chi connectivity index (χ1) is 10.1. The number of aryl methyl sites for hydroxylation is 2. The third-order valence-corrected chi connectivity index (χ3v) is 3.54. The van der Waals surface area contributed by atoms with E-state index in [1.165, 1.54) is 11.8 Å². The Hall–Kier alpha value is -1.82. The first-order valence-corrected chi connectivity index (χ1v) is 8.10. The fraction of sp³-hybridized carbons (Fsp3) is 0.400. The molecule has 0 aromatic carbocycles. The van der Waals surface area contributed by atoms with Gasteiger partial charge in [0.25, 0.3) is 5.91 Å². The largest absolute Gasteiger partial charge is 0.465 e. The molecule has 6 heteroatoms. The van der Waals surface area contributed by atoms with Gasteiger partial charge >= 0.3 is 0 Å². The maximum Gasteiger partial charge on any atom is 0.255 e. The minimum absolute atomic E-state index is 0.167. The lowest BCUT2D eigenvalue weighted by molar-refractivity contribution is 0.0945. The smallest absolute Gasteiger partial charge is 0.255 e. The van der Waals surface area contributed by atoms with E-state index in [1.54, 1.807) is 6.20 Å². The van der Waals surface area contributed by atoms with Gasteiger partial charge in [0.05, 0.1) is 17.8 Å².